The molecular formula is C16H14ClFN2O3S. The van der Waals surface area contributed by atoms with Gasteiger partial charge in [-0.3, -0.25) is 9.10 Å². The zero-order valence-electron chi connectivity index (χ0n) is 12.7. The van der Waals surface area contributed by atoms with Gasteiger partial charge in [-0.15, -0.1) is 0 Å². The number of benzene rings is 2. The molecule has 0 fully saturated rings. The van der Waals surface area contributed by atoms with Crippen molar-refractivity contribution in [2.24, 2.45) is 0 Å². The third-order valence-corrected chi connectivity index (χ3v) is 5.28. The molecule has 0 saturated heterocycles. The molecule has 1 heterocycles. The van der Waals surface area contributed by atoms with Crippen molar-refractivity contribution in [3.63, 3.8) is 0 Å². The lowest BCUT2D eigenvalue weighted by Gasteiger charge is -2.16. The van der Waals surface area contributed by atoms with Crippen molar-refractivity contribution in [3.05, 3.63) is 58.4 Å². The number of carbonyl (C=O) groups excluding carboxylic acids is 1. The highest BCUT2D eigenvalue weighted by atomic mass is 35.5. The predicted molar refractivity (Wildman–Crippen MR) is 91.7 cm³/mol. The van der Waals surface area contributed by atoms with E-state index >= 15 is 0 Å². The lowest BCUT2D eigenvalue weighted by molar-refractivity contribution is 0.102. The Bertz CT molecular complexity index is 911. The summed E-state index contributed by atoms with van der Waals surface area (Å²) in [5, 5.41) is 2.62. The van der Waals surface area contributed by atoms with Crippen LogP contribution in [0.2, 0.25) is 5.02 Å². The summed E-state index contributed by atoms with van der Waals surface area (Å²) in [7, 11) is -3.33. The van der Waals surface area contributed by atoms with E-state index in [-0.39, 0.29) is 10.6 Å². The average molecular weight is 369 g/mol. The normalized spacial score (nSPS) is 13.7. The Balaban J connectivity index is 1.87. The minimum absolute atomic E-state index is 0.0249. The molecule has 1 N–H and O–H groups in total. The Morgan fingerprint density at radius 1 is 1.29 bits per heavy atom. The van der Waals surface area contributed by atoms with Gasteiger partial charge < -0.3 is 5.32 Å². The molecule has 0 saturated carbocycles. The second-order valence-electron chi connectivity index (χ2n) is 5.48. The molecule has 0 spiro atoms. The number of nitrogens with one attached hydrogen (secondary N) is 1. The number of amides is 1. The summed E-state index contributed by atoms with van der Waals surface area (Å²) in [6.07, 6.45) is 1.70. The molecule has 2 aromatic rings. The molecule has 1 aliphatic rings. The number of halogens is 2. The second-order valence-corrected chi connectivity index (χ2v) is 7.79. The summed E-state index contributed by atoms with van der Waals surface area (Å²) in [4.78, 5) is 12.2. The number of anilines is 2. The van der Waals surface area contributed by atoms with Gasteiger partial charge in [-0.05, 0) is 42.3 Å². The summed E-state index contributed by atoms with van der Waals surface area (Å²) in [5.74, 6) is -1.36. The number of hydrogen-bond donors (Lipinski definition) is 1. The van der Waals surface area contributed by atoms with Crippen molar-refractivity contribution in [3.8, 4) is 0 Å². The third kappa shape index (κ3) is 3.09. The molecule has 1 amide bonds. The van der Waals surface area contributed by atoms with Gasteiger partial charge in [-0.1, -0.05) is 17.7 Å². The molecule has 5 nitrogen and oxygen atoms in total. The summed E-state index contributed by atoms with van der Waals surface area (Å²) in [6, 6.07) is 8.91. The van der Waals surface area contributed by atoms with E-state index in [4.69, 9.17) is 11.6 Å². The van der Waals surface area contributed by atoms with Crippen LogP contribution in [-0.4, -0.2) is 27.1 Å². The molecular weight excluding hydrogens is 355 g/mol. The minimum atomic E-state index is -3.33. The molecule has 0 atom stereocenters. The SMILES string of the molecule is CS(=O)(=O)N1CCc2cc(NC(=O)c3c(F)cccc3Cl)ccc21. The van der Waals surface area contributed by atoms with Crippen molar-refractivity contribution >= 4 is 38.9 Å². The fraction of sp³-hybridized carbons (Fsp3) is 0.188. The maximum Gasteiger partial charge on any atom is 0.260 e. The number of sulfonamides is 1. The Kier molecular flexibility index (Phi) is 4.23. The number of fused-ring (bicyclic) bond motifs is 1. The Hall–Kier alpha value is -2.12. The average Bonchev–Trinajstić information content (AvgIpc) is 2.90. The van der Waals surface area contributed by atoms with Crippen LogP contribution in [0.4, 0.5) is 15.8 Å². The van der Waals surface area contributed by atoms with Crippen molar-refractivity contribution < 1.29 is 17.6 Å². The van der Waals surface area contributed by atoms with Gasteiger partial charge in [0.05, 0.1) is 22.5 Å². The first kappa shape index (κ1) is 16.7. The van der Waals surface area contributed by atoms with Gasteiger partial charge in [-0.25, -0.2) is 12.8 Å². The monoisotopic (exact) mass is 368 g/mol. The highest BCUT2D eigenvalue weighted by Crippen LogP contribution is 2.32. The molecule has 1 aliphatic heterocycles. The van der Waals surface area contributed by atoms with Crippen LogP contribution in [0.15, 0.2) is 36.4 Å². The van der Waals surface area contributed by atoms with Gasteiger partial charge in [0, 0.05) is 12.2 Å². The van der Waals surface area contributed by atoms with Crippen LogP contribution in [0.5, 0.6) is 0 Å². The first-order valence-electron chi connectivity index (χ1n) is 7.13. The zero-order chi connectivity index (χ0) is 17.5. The van der Waals surface area contributed by atoms with Gasteiger partial charge in [0.25, 0.3) is 5.91 Å². The molecule has 8 heteroatoms. The minimum Gasteiger partial charge on any atom is -0.322 e. The molecule has 0 radical (unpaired) electrons. The highest BCUT2D eigenvalue weighted by Gasteiger charge is 2.26. The Morgan fingerprint density at radius 2 is 2.04 bits per heavy atom. The standard InChI is InChI=1S/C16H14ClFN2O3S/c1-24(22,23)20-8-7-10-9-11(5-6-14(10)20)19-16(21)15-12(17)3-2-4-13(15)18/h2-6,9H,7-8H2,1H3,(H,19,21). The van der Waals surface area contributed by atoms with E-state index < -0.39 is 21.7 Å². The quantitative estimate of drug-likeness (QED) is 0.905. The van der Waals surface area contributed by atoms with Crippen LogP contribution in [-0.2, 0) is 16.4 Å². The fourth-order valence-corrected chi connectivity index (χ4v) is 3.91. The Morgan fingerprint density at radius 3 is 2.71 bits per heavy atom. The topological polar surface area (TPSA) is 66.5 Å². The summed E-state index contributed by atoms with van der Waals surface area (Å²) < 4.78 is 38.5. The maximum atomic E-state index is 13.8. The lowest BCUT2D eigenvalue weighted by Crippen LogP contribution is -2.27. The van der Waals surface area contributed by atoms with E-state index in [1.165, 1.54) is 16.4 Å². The van der Waals surface area contributed by atoms with E-state index in [9.17, 15) is 17.6 Å². The fourth-order valence-electron chi connectivity index (χ4n) is 2.70. The Labute approximate surface area is 144 Å². The first-order chi connectivity index (χ1) is 11.3. The molecule has 126 valence electrons. The molecule has 2 aromatic carbocycles. The smallest absolute Gasteiger partial charge is 0.260 e. The second kappa shape index (κ2) is 6.07. The van der Waals surface area contributed by atoms with E-state index in [0.717, 1.165) is 17.9 Å². The van der Waals surface area contributed by atoms with Crippen molar-refractivity contribution in [2.75, 3.05) is 22.4 Å². The van der Waals surface area contributed by atoms with Crippen LogP contribution in [0.1, 0.15) is 15.9 Å². The number of hydrogen-bond acceptors (Lipinski definition) is 3. The molecule has 0 aromatic heterocycles. The molecule has 0 aliphatic carbocycles. The summed E-state index contributed by atoms with van der Waals surface area (Å²) in [6.45, 7) is 0.366. The van der Waals surface area contributed by atoms with Crippen LogP contribution >= 0.6 is 11.6 Å². The van der Waals surface area contributed by atoms with Crippen LogP contribution in [0.25, 0.3) is 0 Å². The van der Waals surface area contributed by atoms with Crippen molar-refractivity contribution in [1.29, 1.82) is 0 Å². The maximum absolute atomic E-state index is 13.8. The molecule has 3 rings (SSSR count). The van der Waals surface area contributed by atoms with Crippen molar-refractivity contribution in [2.45, 2.75) is 6.42 Å². The number of rotatable bonds is 3. The van der Waals surface area contributed by atoms with Gasteiger partial charge >= 0.3 is 0 Å². The molecule has 0 bridgehead atoms. The van der Waals surface area contributed by atoms with E-state index in [1.54, 1.807) is 18.2 Å². The molecule has 24 heavy (non-hydrogen) atoms. The number of nitrogens with zero attached hydrogens (tertiary/aromatic N) is 1. The zero-order valence-corrected chi connectivity index (χ0v) is 14.3. The summed E-state index contributed by atoms with van der Waals surface area (Å²) >= 11 is 5.88. The van der Waals surface area contributed by atoms with Gasteiger partial charge in [-0.2, -0.15) is 0 Å². The van der Waals surface area contributed by atoms with E-state index in [0.29, 0.717) is 24.3 Å². The number of carbonyl (C=O) groups is 1. The van der Waals surface area contributed by atoms with Crippen molar-refractivity contribution in [1.82, 2.24) is 0 Å². The van der Waals surface area contributed by atoms with Gasteiger partial charge in [0.1, 0.15) is 5.82 Å². The van der Waals surface area contributed by atoms with E-state index in [2.05, 4.69) is 5.32 Å². The van der Waals surface area contributed by atoms with Crippen LogP contribution in [0.3, 0.4) is 0 Å². The highest BCUT2D eigenvalue weighted by molar-refractivity contribution is 7.92. The lowest BCUT2D eigenvalue weighted by atomic mass is 10.1. The van der Waals surface area contributed by atoms with Gasteiger partial charge in [0.2, 0.25) is 10.0 Å². The summed E-state index contributed by atoms with van der Waals surface area (Å²) in [5.41, 5.74) is 1.63. The first-order valence-corrected chi connectivity index (χ1v) is 9.36. The molecule has 0 unspecified atom stereocenters. The largest absolute Gasteiger partial charge is 0.322 e. The van der Waals surface area contributed by atoms with Gasteiger partial charge in [0.15, 0.2) is 0 Å². The predicted octanol–water partition coefficient (Wildman–Crippen LogP) is 3.05. The van der Waals surface area contributed by atoms with Crippen LogP contribution < -0.4 is 9.62 Å². The van der Waals surface area contributed by atoms with Crippen LogP contribution in [0, 0.1) is 5.82 Å². The third-order valence-electron chi connectivity index (χ3n) is 3.78. The van der Waals surface area contributed by atoms with E-state index in [1.807, 2.05) is 0 Å².